The van der Waals surface area contributed by atoms with E-state index >= 15 is 0 Å². The van der Waals surface area contributed by atoms with Crippen LogP contribution in [0.1, 0.15) is 6.92 Å². The van der Waals surface area contributed by atoms with Gasteiger partial charge in [0, 0.05) is 14.1 Å². The molecule has 2 rings (SSSR count). The quantitative estimate of drug-likeness (QED) is 0.785. The van der Waals surface area contributed by atoms with Gasteiger partial charge in [0.05, 0.1) is 5.25 Å². The molecule has 0 saturated heterocycles. The first-order valence-electron chi connectivity index (χ1n) is 5.31. The molecule has 90 valence electrons. The van der Waals surface area contributed by atoms with Crippen molar-refractivity contribution in [2.24, 2.45) is 0 Å². The van der Waals surface area contributed by atoms with Crippen molar-refractivity contribution < 1.29 is 9.21 Å². The maximum atomic E-state index is 11.7. The van der Waals surface area contributed by atoms with Crippen LogP contribution in [0.25, 0.3) is 11.1 Å². The Labute approximate surface area is 104 Å². The molecule has 0 N–H and O–H groups in total. The first kappa shape index (κ1) is 12.0. The van der Waals surface area contributed by atoms with Gasteiger partial charge < -0.3 is 9.32 Å². The third-order valence-electron chi connectivity index (χ3n) is 2.34. The smallest absolute Gasteiger partial charge is 0.257 e. The van der Waals surface area contributed by atoms with Crippen LogP contribution < -0.4 is 0 Å². The maximum Gasteiger partial charge on any atom is 0.257 e. The van der Waals surface area contributed by atoms with E-state index in [9.17, 15) is 4.79 Å². The summed E-state index contributed by atoms with van der Waals surface area (Å²) in [4.78, 5) is 17.6. The number of carbonyl (C=O) groups is 1. The van der Waals surface area contributed by atoms with Crippen LogP contribution in [0, 0.1) is 0 Å². The normalized spacial score (nSPS) is 12.6. The first-order valence-corrected chi connectivity index (χ1v) is 6.19. The predicted molar refractivity (Wildman–Crippen MR) is 68.0 cm³/mol. The molecule has 2 aromatic rings. The fourth-order valence-electron chi connectivity index (χ4n) is 1.47. The number of nitrogens with zero attached hydrogens (tertiary/aromatic N) is 2. The molecule has 1 heterocycles. The third kappa shape index (κ3) is 2.61. The number of carbonyl (C=O) groups excluding carboxylic acids is 1. The molecule has 17 heavy (non-hydrogen) atoms. The largest absolute Gasteiger partial charge is 0.431 e. The van der Waals surface area contributed by atoms with Crippen LogP contribution in [0.4, 0.5) is 0 Å². The lowest BCUT2D eigenvalue weighted by molar-refractivity contribution is -0.127. The van der Waals surface area contributed by atoms with Crippen LogP contribution >= 0.6 is 11.8 Å². The van der Waals surface area contributed by atoms with Crippen molar-refractivity contribution in [2.75, 3.05) is 14.1 Å². The van der Waals surface area contributed by atoms with Crippen LogP contribution in [0.2, 0.25) is 0 Å². The molecule has 0 aliphatic heterocycles. The molecule has 0 saturated carbocycles. The van der Waals surface area contributed by atoms with Crippen molar-refractivity contribution in [3.05, 3.63) is 24.3 Å². The van der Waals surface area contributed by atoms with E-state index in [1.54, 1.807) is 19.0 Å². The second-order valence-electron chi connectivity index (χ2n) is 3.94. The van der Waals surface area contributed by atoms with Gasteiger partial charge >= 0.3 is 0 Å². The van der Waals surface area contributed by atoms with Gasteiger partial charge in [0.1, 0.15) is 5.52 Å². The lowest BCUT2D eigenvalue weighted by Gasteiger charge is -2.14. The number of rotatable bonds is 3. The Kier molecular flexibility index (Phi) is 3.38. The Balaban J connectivity index is 2.16. The van der Waals surface area contributed by atoms with E-state index in [-0.39, 0.29) is 11.2 Å². The number of aromatic nitrogens is 1. The number of hydrogen-bond donors (Lipinski definition) is 0. The zero-order valence-corrected chi connectivity index (χ0v) is 10.8. The maximum absolute atomic E-state index is 11.7. The zero-order chi connectivity index (χ0) is 12.4. The van der Waals surface area contributed by atoms with Crippen LogP contribution in [0.5, 0.6) is 0 Å². The molecule has 1 amide bonds. The second kappa shape index (κ2) is 4.79. The van der Waals surface area contributed by atoms with E-state index in [4.69, 9.17) is 4.42 Å². The summed E-state index contributed by atoms with van der Waals surface area (Å²) in [6.07, 6.45) is 0. The van der Waals surface area contributed by atoms with Gasteiger partial charge in [-0.3, -0.25) is 4.79 Å². The molecule has 0 radical (unpaired) electrons. The molecular weight excluding hydrogens is 236 g/mol. The molecule has 0 bridgehead atoms. The number of amides is 1. The lowest BCUT2D eigenvalue weighted by Crippen LogP contribution is -2.29. The summed E-state index contributed by atoms with van der Waals surface area (Å²) < 4.78 is 5.55. The summed E-state index contributed by atoms with van der Waals surface area (Å²) in [7, 11) is 3.48. The van der Waals surface area contributed by atoms with Gasteiger partial charge in [-0.25, -0.2) is 4.98 Å². The predicted octanol–water partition coefficient (Wildman–Crippen LogP) is 2.40. The highest BCUT2D eigenvalue weighted by molar-refractivity contribution is 8.00. The summed E-state index contributed by atoms with van der Waals surface area (Å²) in [5, 5.41) is 0.340. The molecule has 1 aromatic heterocycles. The first-order chi connectivity index (χ1) is 8.08. The molecule has 5 heteroatoms. The highest BCUT2D eigenvalue weighted by atomic mass is 32.2. The molecule has 1 aromatic carbocycles. The third-order valence-corrected chi connectivity index (χ3v) is 3.27. The Bertz CT molecular complexity index is 503. The summed E-state index contributed by atoms with van der Waals surface area (Å²) in [5.41, 5.74) is 1.57. The average Bonchev–Trinajstić information content (AvgIpc) is 2.69. The van der Waals surface area contributed by atoms with E-state index in [2.05, 4.69) is 4.98 Å². The van der Waals surface area contributed by atoms with Crippen LogP contribution in [-0.4, -0.2) is 35.1 Å². The van der Waals surface area contributed by atoms with Gasteiger partial charge in [-0.2, -0.15) is 0 Å². The standard InChI is InChI=1S/C12H14N2O2S/c1-8(11(15)14(2)3)17-12-13-9-6-4-5-7-10(9)16-12/h4-8H,1-3H3. The van der Waals surface area contributed by atoms with Gasteiger partial charge in [-0.05, 0) is 19.1 Å². The van der Waals surface area contributed by atoms with Crippen molar-refractivity contribution in [1.82, 2.24) is 9.88 Å². The van der Waals surface area contributed by atoms with E-state index < -0.39 is 0 Å². The lowest BCUT2D eigenvalue weighted by atomic mass is 10.3. The second-order valence-corrected chi connectivity index (χ2v) is 5.23. The molecular formula is C12H14N2O2S. The highest BCUT2D eigenvalue weighted by Crippen LogP contribution is 2.27. The number of oxazole rings is 1. The van der Waals surface area contributed by atoms with Crippen molar-refractivity contribution in [2.45, 2.75) is 17.4 Å². The van der Waals surface area contributed by atoms with Gasteiger partial charge in [-0.15, -0.1) is 0 Å². The van der Waals surface area contributed by atoms with Crippen LogP contribution in [-0.2, 0) is 4.79 Å². The van der Waals surface area contributed by atoms with E-state index in [1.807, 2.05) is 31.2 Å². The van der Waals surface area contributed by atoms with Crippen molar-refractivity contribution in [3.63, 3.8) is 0 Å². The Morgan fingerprint density at radius 1 is 1.41 bits per heavy atom. The molecule has 0 spiro atoms. The summed E-state index contributed by atoms with van der Waals surface area (Å²) in [6.45, 7) is 1.85. The summed E-state index contributed by atoms with van der Waals surface area (Å²) in [6, 6.07) is 7.57. The van der Waals surface area contributed by atoms with Crippen LogP contribution in [0.15, 0.2) is 33.9 Å². The van der Waals surface area contributed by atoms with E-state index in [0.717, 1.165) is 11.1 Å². The minimum Gasteiger partial charge on any atom is -0.431 e. The minimum absolute atomic E-state index is 0.0530. The Hall–Kier alpha value is -1.49. The SMILES string of the molecule is CC(Sc1nc2ccccc2o1)C(=O)N(C)C. The molecule has 0 aliphatic carbocycles. The fraction of sp³-hybridized carbons (Fsp3) is 0.333. The number of benzene rings is 1. The minimum atomic E-state index is -0.196. The Morgan fingerprint density at radius 2 is 2.12 bits per heavy atom. The number of hydrogen-bond acceptors (Lipinski definition) is 4. The average molecular weight is 250 g/mol. The van der Waals surface area contributed by atoms with Crippen molar-refractivity contribution in [1.29, 1.82) is 0 Å². The van der Waals surface area contributed by atoms with Gasteiger partial charge in [-0.1, -0.05) is 23.9 Å². The zero-order valence-electron chi connectivity index (χ0n) is 10.0. The summed E-state index contributed by atoms with van der Waals surface area (Å²) >= 11 is 1.34. The monoisotopic (exact) mass is 250 g/mol. The number of para-hydroxylation sites is 2. The summed E-state index contributed by atoms with van der Waals surface area (Å²) in [5.74, 6) is 0.0530. The number of fused-ring (bicyclic) bond motifs is 1. The van der Waals surface area contributed by atoms with Crippen molar-refractivity contribution in [3.8, 4) is 0 Å². The Morgan fingerprint density at radius 3 is 2.76 bits per heavy atom. The molecule has 0 aliphatic rings. The molecule has 1 atom stereocenters. The molecule has 0 fully saturated rings. The van der Waals surface area contributed by atoms with Gasteiger partial charge in [0.15, 0.2) is 5.58 Å². The highest BCUT2D eigenvalue weighted by Gasteiger charge is 2.19. The molecule has 1 unspecified atom stereocenters. The fourth-order valence-corrected chi connectivity index (χ4v) is 2.37. The van der Waals surface area contributed by atoms with E-state index in [1.165, 1.54) is 11.8 Å². The topological polar surface area (TPSA) is 46.3 Å². The number of thioether (sulfide) groups is 1. The molecule has 4 nitrogen and oxygen atoms in total. The van der Waals surface area contributed by atoms with Gasteiger partial charge in [0.25, 0.3) is 5.22 Å². The van der Waals surface area contributed by atoms with E-state index in [0.29, 0.717) is 5.22 Å². The van der Waals surface area contributed by atoms with Gasteiger partial charge in [0.2, 0.25) is 5.91 Å². The van der Waals surface area contributed by atoms with Crippen LogP contribution in [0.3, 0.4) is 0 Å². The van der Waals surface area contributed by atoms with Crippen molar-refractivity contribution >= 4 is 28.8 Å².